The Bertz CT molecular complexity index is 1190. The average molecular weight is 443 g/mol. The molecule has 2 aromatic heterocycles. The predicted molar refractivity (Wildman–Crippen MR) is 132 cm³/mol. The van der Waals surface area contributed by atoms with Gasteiger partial charge in [0.25, 0.3) is 0 Å². The summed E-state index contributed by atoms with van der Waals surface area (Å²) in [4.78, 5) is 24.5. The van der Waals surface area contributed by atoms with Gasteiger partial charge in [-0.05, 0) is 42.7 Å². The van der Waals surface area contributed by atoms with Crippen molar-refractivity contribution in [3.8, 4) is 11.6 Å². The van der Waals surface area contributed by atoms with Crippen LogP contribution in [0.3, 0.4) is 0 Å². The molecule has 0 radical (unpaired) electrons. The number of nitrogens with one attached hydrogen (secondary N) is 1. The van der Waals surface area contributed by atoms with Crippen molar-refractivity contribution in [2.24, 2.45) is 5.92 Å². The number of carbonyl (C=O) groups excluding carboxylic acids is 1. The summed E-state index contributed by atoms with van der Waals surface area (Å²) in [5, 5.41) is 4.08. The Morgan fingerprint density at radius 2 is 1.73 bits per heavy atom. The highest BCUT2D eigenvalue weighted by molar-refractivity contribution is 5.91. The van der Waals surface area contributed by atoms with E-state index in [1.54, 1.807) is 6.26 Å². The highest BCUT2D eigenvalue weighted by atomic mass is 16.3. The molecular weight excluding hydrogens is 412 g/mol. The minimum atomic E-state index is -0.0392. The first-order valence-corrected chi connectivity index (χ1v) is 11.4. The summed E-state index contributed by atoms with van der Waals surface area (Å²) >= 11 is 0. The number of furan rings is 1. The van der Waals surface area contributed by atoms with Crippen LogP contribution in [0.5, 0.6) is 0 Å². The third-order valence-electron chi connectivity index (χ3n) is 5.50. The van der Waals surface area contributed by atoms with Gasteiger partial charge in [0.2, 0.25) is 5.91 Å². The Kier molecular flexibility index (Phi) is 7.03. The van der Waals surface area contributed by atoms with Gasteiger partial charge in [-0.3, -0.25) is 4.79 Å². The summed E-state index contributed by atoms with van der Waals surface area (Å²) in [7, 11) is 0. The molecule has 2 aromatic carbocycles. The third kappa shape index (κ3) is 5.58. The fourth-order valence-electron chi connectivity index (χ4n) is 3.92. The molecular formula is C27H30N4O2. The number of amides is 1. The Morgan fingerprint density at radius 1 is 0.970 bits per heavy atom. The molecule has 0 unspecified atom stereocenters. The fraction of sp³-hybridized carbons (Fsp3) is 0.296. The van der Waals surface area contributed by atoms with E-state index in [0.717, 1.165) is 28.8 Å². The van der Waals surface area contributed by atoms with Crippen LogP contribution in [0.4, 0.5) is 5.82 Å². The lowest BCUT2D eigenvalue weighted by molar-refractivity contribution is -0.121. The minimum Gasteiger partial charge on any atom is -0.461 e. The van der Waals surface area contributed by atoms with E-state index < -0.39 is 0 Å². The summed E-state index contributed by atoms with van der Waals surface area (Å²) in [6.07, 6.45) is 2.00. The fourth-order valence-corrected chi connectivity index (χ4v) is 3.92. The lowest BCUT2D eigenvalue weighted by Crippen LogP contribution is -2.34. The van der Waals surface area contributed by atoms with E-state index in [1.807, 2.05) is 73.7 Å². The zero-order valence-electron chi connectivity index (χ0n) is 19.4. The van der Waals surface area contributed by atoms with Gasteiger partial charge in [0.1, 0.15) is 5.82 Å². The van der Waals surface area contributed by atoms with Gasteiger partial charge in [-0.1, -0.05) is 56.3 Å². The molecule has 1 atom stereocenters. The molecule has 0 bridgehead atoms. The van der Waals surface area contributed by atoms with Crippen LogP contribution in [-0.2, 0) is 4.79 Å². The topological polar surface area (TPSA) is 71.3 Å². The Balaban J connectivity index is 1.58. The van der Waals surface area contributed by atoms with Crippen LogP contribution in [0.15, 0.2) is 77.4 Å². The number of benzene rings is 2. The van der Waals surface area contributed by atoms with Crippen LogP contribution in [0.25, 0.3) is 22.5 Å². The molecule has 6 heteroatoms. The largest absolute Gasteiger partial charge is 0.461 e. The van der Waals surface area contributed by atoms with Gasteiger partial charge >= 0.3 is 0 Å². The monoisotopic (exact) mass is 442 g/mol. The summed E-state index contributed by atoms with van der Waals surface area (Å²) in [5.41, 5.74) is 1.94. The second-order valence-electron chi connectivity index (χ2n) is 8.66. The average Bonchev–Trinajstić information content (AvgIpc) is 3.36. The van der Waals surface area contributed by atoms with E-state index in [2.05, 4.69) is 24.1 Å². The van der Waals surface area contributed by atoms with Crippen LogP contribution in [-0.4, -0.2) is 29.0 Å². The zero-order chi connectivity index (χ0) is 23.2. The van der Waals surface area contributed by atoms with Crippen LogP contribution < -0.4 is 10.2 Å². The number of nitrogens with zero attached hydrogens (tertiary/aromatic N) is 3. The molecule has 0 aliphatic rings. The molecule has 2 heterocycles. The molecule has 4 aromatic rings. The highest BCUT2D eigenvalue weighted by Crippen LogP contribution is 2.28. The number of carbonyl (C=O) groups is 1. The molecule has 6 nitrogen and oxygen atoms in total. The number of hydrogen-bond acceptors (Lipinski definition) is 5. The van der Waals surface area contributed by atoms with Gasteiger partial charge < -0.3 is 14.6 Å². The van der Waals surface area contributed by atoms with E-state index in [4.69, 9.17) is 14.4 Å². The molecule has 1 N–H and O–H groups in total. The molecule has 0 saturated heterocycles. The summed E-state index contributed by atoms with van der Waals surface area (Å²) in [6.45, 7) is 7.68. The quantitative estimate of drug-likeness (QED) is 0.364. The Morgan fingerprint density at radius 3 is 2.45 bits per heavy atom. The van der Waals surface area contributed by atoms with Crippen molar-refractivity contribution in [2.75, 3.05) is 18.0 Å². The van der Waals surface area contributed by atoms with Gasteiger partial charge in [0, 0.05) is 24.9 Å². The maximum Gasteiger partial charge on any atom is 0.222 e. The van der Waals surface area contributed by atoms with Gasteiger partial charge in [-0.25, -0.2) is 9.97 Å². The molecule has 4 rings (SSSR count). The van der Waals surface area contributed by atoms with Crippen molar-refractivity contribution in [1.82, 2.24) is 15.3 Å². The number of anilines is 1. The Labute approximate surface area is 194 Å². The van der Waals surface area contributed by atoms with Gasteiger partial charge in [-0.15, -0.1) is 0 Å². The van der Waals surface area contributed by atoms with Crippen molar-refractivity contribution in [1.29, 1.82) is 0 Å². The standard InChI is InChI=1S/C27H30N4O2/c1-19(2)18-31(16-15-25(32)28-20(3)21-10-5-4-6-11-21)27-22-12-7-8-13-23(22)29-26(30-27)24-14-9-17-33-24/h4-14,17,19-20H,15-16,18H2,1-3H3,(H,28,32)/t20-/m0/s1. The number of para-hydroxylation sites is 1. The van der Waals surface area contributed by atoms with E-state index in [1.165, 1.54) is 0 Å². The second kappa shape index (κ2) is 10.3. The van der Waals surface area contributed by atoms with Crippen LogP contribution in [0.1, 0.15) is 38.8 Å². The zero-order valence-corrected chi connectivity index (χ0v) is 19.4. The summed E-state index contributed by atoms with van der Waals surface area (Å²) < 4.78 is 5.56. The van der Waals surface area contributed by atoms with Crippen LogP contribution in [0, 0.1) is 5.92 Å². The number of hydrogen-bond donors (Lipinski definition) is 1. The maximum atomic E-state index is 12.8. The third-order valence-corrected chi connectivity index (χ3v) is 5.50. The molecule has 0 fully saturated rings. The predicted octanol–water partition coefficient (Wildman–Crippen LogP) is 5.62. The molecule has 1 amide bonds. The van der Waals surface area contributed by atoms with Gasteiger partial charge in [-0.2, -0.15) is 0 Å². The maximum absolute atomic E-state index is 12.8. The van der Waals surface area contributed by atoms with Crippen molar-refractivity contribution < 1.29 is 9.21 Å². The number of aromatic nitrogens is 2. The summed E-state index contributed by atoms with van der Waals surface area (Å²) in [5.74, 6) is 2.41. The molecule has 0 spiro atoms. The summed E-state index contributed by atoms with van der Waals surface area (Å²) in [6, 6.07) is 21.6. The van der Waals surface area contributed by atoms with Crippen LogP contribution in [0.2, 0.25) is 0 Å². The molecule has 33 heavy (non-hydrogen) atoms. The van der Waals surface area contributed by atoms with Crippen molar-refractivity contribution in [3.63, 3.8) is 0 Å². The van der Waals surface area contributed by atoms with E-state index in [0.29, 0.717) is 30.5 Å². The minimum absolute atomic E-state index is 0.0183. The first-order valence-electron chi connectivity index (χ1n) is 11.4. The second-order valence-corrected chi connectivity index (χ2v) is 8.66. The number of fused-ring (bicyclic) bond motifs is 1. The molecule has 170 valence electrons. The molecule has 0 aliphatic carbocycles. The van der Waals surface area contributed by atoms with Crippen molar-refractivity contribution in [2.45, 2.75) is 33.2 Å². The molecule has 0 aliphatic heterocycles. The van der Waals surface area contributed by atoms with Gasteiger partial charge in [0.05, 0.1) is 17.8 Å². The SMILES string of the molecule is CC(C)CN(CCC(=O)N[C@@H](C)c1ccccc1)c1nc(-c2ccco2)nc2ccccc12. The highest BCUT2D eigenvalue weighted by Gasteiger charge is 2.19. The smallest absolute Gasteiger partial charge is 0.222 e. The van der Waals surface area contributed by atoms with Crippen LogP contribution >= 0.6 is 0 Å². The first kappa shape index (κ1) is 22.5. The van der Waals surface area contributed by atoms with E-state index in [9.17, 15) is 4.79 Å². The van der Waals surface area contributed by atoms with E-state index >= 15 is 0 Å². The normalized spacial score (nSPS) is 12.1. The lowest BCUT2D eigenvalue weighted by Gasteiger charge is -2.27. The van der Waals surface area contributed by atoms with Crippen molar-refractivity contribution in [3.05, 3.63) is 78.6 Å². The molecule has 0 saturated carbocycles. The number of rotatable bonds is 9. The van der Waals surface area contributed by atoms with Gasteiger partial charge in [0.15, 0.2) is 11.6 Å². The Hall–Kier alpha value is -3.67. The lowest BCUT2D eigenvalue weighted by atomic mass is 10.1. The van der Waals surface area contributed by atoms with E-state index in [-0.39, 0.29) is 11.9 Å². The first-order chi connectivity index (χ1) is 16.0. The van der Waals surface area contributed by atoms with Crippen molar-refractivity contribution >= 4 is 22.6 Å².